The molecule has 0 saturated heterocycles. The molecular weight excluding hydrogens is 284 g/mol. The van der Waals surface area contributed by atoms with Gasteiger partial charge in [-0.05, 0) is 24.6 Å². The highest BCUT2D eigenvalue weighted by atomic mass is 35.5. The molecule has 0 fully saturated rings. The molecular formula is C13H13ClN2O2S. The van der Waals surface area contributed by atoms with Gasteiger partial charge >= 0.3 is 5.97 Å². The number of aromatic nitrogens is 2. The van der Waals surface area contributed by atoms with Gasteiger partial charge in [0.15, 0.2) is 0 Å². The number of para-hydroxylation sites is 1. The van der Waals surface area contributed by atoms with Crippen LogP contribution in [0.1, 0.15) is 12.6 Å². The molecule has 19 heavy (non-hydrogen) atoms. The van der Waals surface area contributed by atoms with Crippen molar-refractivity contribution in [1.82, 2.24) is 9.78 Å². The number of aryl methyl sites for hydroxylation is 1. The van der Waals surface area contributed by atoms with E-state index >= 15 is 0 Å². The normalized spacial score (nSPS) is 10.6. The van der Waals surface area contributed by atoms with Gasteiger partial charge < -0.3 is 5.11 Å². The van der Waals surface area contributed by atoms with Crippen molar-refractivity contribution >= 4 is 29.3 Å². The molecule has 0 aliphatic heterocycles. The molecule has 0 atom stereocenters. The molecule has 4 nitrogen and oxygen atoms in total. The Balaban J connectivity index is 2.40. The summed E-state index contributed by atoms with van der Waals surface area (Å²) in [6.45, 7) is 2.00. The second-order valence-corrected chi connectivity index (χ2v) is 5.28. The van der Waals surface area contributed by atoms with E-state index in [2.05, 4.69) is 5.10 Å². The first kappa shape index (κ1) is 14.0. The first-order valence-electron chi connectivity index (χ1n) is 5.80. The standard InChI is InChI=1S/C13H13ClN2O2S/c1-2-9-7-12(19-8-13(17)18)16(15-9)11-6-4-3-5-10(11)14/h3-7H,2,8H2,1H3,(H,17,18). The van der Waals surface area contributed by atoms with Gasteiger partial charge in [0.05, 0.1) is 22.2 Å². The van der Waals surface area contributed by atoms with Crippen LogP contribution in [0.2, 0.25) is 5.02 Å². The minimum atomic E-state index is -0.852. The molecule has 0 aliphatic rings. The molecule has 0 saturated carbocycles. The van der Waals surface area contributed by atoms with Crippen molar-refractivity contribution in [3.8, 4) is 5.69 Å². The van der Waals surface area contributed by atoms with E-state index in [4.69, 9.17) is 16.7 Å². The molecule has 0 spiro atoms. The van der Waals surface area contributed by atoms with Crippen molar-refractivity contribution in [1.29, 1.82) is 0 Å². The summed E-state index contributed by atoms with van der Waals surface area (Å²) in [5, 5.41) is 14.6. The highest BCUT2D eigenvalue weighted by Gasteiger charge is 2.12. The average Bonchev–Trinajstić information content (AvgIpc) is 2.80. The van der Waals surface area contributed by atoms with E-state index < -0.39 is 5.97 Å². The van der Waals surface area contributed by atoms with Crippen molar-refractivity contribution < 1.29 is 9.90 Å². The van der Waals surface area contributed by atoms with E-state index in [-0.39, 0.29) is 5.75 Å². The van der Waals surface area contributed by atoms with Crippen LogP contribution in [-0.4, -0.2) is 26.6 Å². The molecule has 2 aromatic rings. The predicted octanol–water partition coefficient (Wildman–Crippen LogP) is 3.26. The summed E-state index contributed by atoms with van der Waals surface area (Å²) in [6.07, 6.45) is 0.790. The molecule has 2 rings (SSSR count). The monoisotopic (exact) mass is 296 g/mol. The van der Waals surface area contributed by atoms with Gasteiger partial charge in [-0.25, -0.2) is 4.68 Å². The highest BCUT2D eigenvalue weighted by Crippen LogP contribution is 2.27. The minimum Gasteiger partial charge on any atom is -0.481 e. The number of thioether (sulfide) groups is 1. The molecule has 1 N–H and O–H groups in total. The number of carbonyl (C=O) groups is 1. The molecule has 1 heterocycles. The largest absolute Gasteiger partial charge is 0.481 e. The Labute approximate surface area is 120 Å². The summed E-state index contributed by atoms with van der Waals surface area (Å²) in [4.78, 5) is 10.7. The van der Waals surface area contributed by atoms with E-state index in [0.29, 0.717) is 5.02 Å². The maximum Gasteiger partial charge on any atom is 0.313 e. The Morgan fingerprint density at radius 2 is 2.21 bits per heavy atom. The Hall–Kier alpha value is -1.46. The Kier molecular flexibility index (Phi) is 4.50. The first-order valence-corrected chi connectivity index (χ1v) is 7.16. The second-order valence-electron chi connectivity index (χ2n) is 3.87. The molecule has 1 aromatic carbocycles. The van der Waals surface area contributed by atoms with Crippen LogP contribution in [0.4, 0.5) is 0 Å². The molecule has 1 aromatic heterocycles. The topological polar surface area (TPSA) is 55.1 Å². The van der Waals surface area contributed by atoms with Gasteiger partial charge in [-0.2, -0.15) is 5.10 Å². The number of carboxylic acids is 1. The zero-order chi connectivity index (χ0) is 13.8. The summed E-state index contributed by atoms with van der Waals surface area (Å²) >= 11 is 7.40. The van der Waals surface area contributed by atoms with Crippen LogP contribution in [0.5, 0.6) is 0 Å². The molecule has 0 amide bonds. The number of halogens is 1. The second kappa shape index (κ2) is 6.12. The lowest BCUT2D eigenvalue weighted by Gasteiger charge is -2.07. The number of hydrogen-bond donors (Lipinski definition) is 1. The van der Waals surface area contributed by atoms with Crippen LogP contribution < -0.4 is 0 Å². The Bertz CT molecular complexity index is 598. The highest BCUT2D eigenvalue weighted by molar-refractivity contribution is 7.99. The third-order valence-corrected chi connectivity index (χ3v) is 3.81. The van der Waals surface area contributed by atoms with Gasteiger partial charge in [0, 0.05) is 0 Å². The Morgan fingerprint density at radius 3 is 2.84 bits per heavy atom. The molecule has 0 unspecified atom stereocenters. The number of carboxylic acid groups (broad SMARTS) is 1. The zero-order valence-electron chi connectivity index (χ0n) is 10.3. The van der Waals surface area contributed by atoms with Crippen LogP contribution in [0.25, 0.3) is 5.69 Å². The lowest BCUT2D eigenvalue weighted by atomic mass is 10.3. The SMILES string of the molecule is CCc1cc(SCC(=O)O)n(-c2ccccc2Cl)n1. The van der Waals surface area contributed by atoms with Gasteiger partial charge in [-0.15, -0.1) is 0 Å². The molecule has 0 radical (unpaired) electrons. The van der Waals surface area contributed by atoms with Crippen LogP contribution in [0, 0.1) is 0 Å². The average molecular weight is 297 g/mol. The third kappa shape index (κ3) is 3.30. The van der Waals surface area contributed by atoms with Crippen molar-refractivity contribution in [2.75, 3.05) is 5.75 Å². The molecule has 0 bridgehead atoms. The Morgan fingerprint density at radius 1 is 1.47 bits per heavy atom. The quantitative estimate of drug-likeness (QED) is 0.861. The summed E-state index contributed by atoms with van der Waals surface area (Å²) in [6, 6.07) is 9.27. The number of rotatable bonds is 5. The van der Waals surface area contributed by atoms with E-state index in [9.17, 15) is 4.79 Å². The summed E-state index contributed by atoms with van der Waals surface area (Å²) in [7, 11) is 0. The van der Waals surface area contributed by atoms with Crippen molar-refractivity contribution in [2.45, 2.75) is 18.4 Å². The number of aliphatic carboxylic acids is 1. The maximum absolute atomic E-state index is 10.7. The fraction of sp³-hybridized carbons (Fsp3) is 0.231. The lowest BCUT2D eigenvalue weighted by molar-refractivity contribution is -0.133. The first-order chi connectivity index (χ1) is 9.11. The van der Waals surface area contributed by atoms with E-state index in [1.165, 1.54) is 11.8 Å². The summed E-state index contributed by atoms with van der Waals surface area (Å²) < 4.78 is 1.70. The van der Waals surface area contributed by atoms with E-state index in [1.807, 2.05) is 31.2 Å². The molecule has 100 valence electrons. The smallest absolute Gasteiger partial charge is 0.313 e. The van der Waals surface area contributed by atoms with Crippen LogP contribution in [0.3, 0.4) is 0 Å². The summed E-state index contributed by atoms with van der Waals surface area (Å²) in [5.41, 5.74) is 1.67. The minimum absolute atomic E-state index is 0.000694. The lowest BCUT2D eigenvalue weighted by Crippen LogP contribution is -2.03. The van der Waals surface area contributed by atoms with Crippen molar-refractivity contribution in [3.63, 3.8) is 0 Å². The number of nitrogens with zero attached hydrogens (tertiary/aromatic N) is 2. The van der Waals surface area contributed by atoms with Crippen molar-refractivity contribution in [3.05, 3.63) is 41.0 Å². The van der Waals surface area contributed by atoms with Gasteiger partial charge in [-0.3, -0.25) is 4.79 Å². The maximum atomic E-state index is 10.7. The van der Waals surface area contributed by atoms with Crippen LogP contribution in [-0.2, 0) is 11.2 Å². The molecule has 0 aliphatic carbocycles. The number of hydrogen-bond acceptors (Lipinski definition) is 3. The van der Waals surface area contributed by atoms with Crippen LogP contribution >= 0.6 is 23.4 Å². The van der Waals surface area contributed by atoms with Gasteiger partial charge in [0.25, 0.3) is 0 Å². The van der Waals surface area contributed by atoms with Crippen LogP contribution in [0.15, 0.2) is 35.4 Å². The number of benzene rings is 1. The van der Waals surface area contributed by atoms with Gasteiger partial charge in [0.2, 0.25) is 0 Å². The predicted molar refractivity (Wildman–Crippen MR) is 76.3 cm³/mol. The molecule has 6 heteroatoms. The van der Waals surface area contributed by atoms with E-state index in [1.54, 1.807) is 10.7 Å². The fourth-order valence-electron chi connectivity index (χ4n) is 1.62. The summed E-state index contributed by atoms with van der Waals surface area (Å²) in [5.74, 6) is -0.853. The zero-order valence-corrected chi connectivity index (χ0v) is 11.9. The van der Waals surface area contributed by atoms with Gasteiger partial charge in [0.1, 0.15) is 5.03 Å². The fourth-order valence-corrected chi connectivity index (χ4v) is 2.59. The van der Waals surface area contributed by atoms with Gasteiger partial charge in [-0.1, -0.05) is 42.4 Å². The third-order valence-electron chi connectivity index (χ3n) is 2.51. The van der Waals surface area contributed by atoms with Crippen molar-refractivity contribution in [2.24, 2.45) is 0 Å². The van der Waals surface area contributed by atoms with E-state index in [0.717, 1.165) is 22.8 Å².